The van der Waals surface area contributed by atoms with Crippen molar-refractivity contribution in [2.24, 2.45) is 0 Å². The van der Waals surface area contributed by atoms with E-state index in [1.807, 2.05) is 35.0 Å². The van der Waals surface area contributed by atoms with E-state index in [1.165, 1.54) is 0 Å². The number of benzene rings is 1. The highest BCUT2D eigenvalue weighted by molar-refractivity contribution is 6.42. The van der Waals surface area contributed by atoms with Crippen molar-refractivity contribution in [1.82, 2.24) is 9.38 Å². The molecule has 0 aliphatic heterocycles. The molecule has 3 aromatic rings. The average Bonchev–Trinajstić information content (AvgIpc) is 2.89. The van der Waals surface area contributed by atoms with Crippen LogP contribution in [0.25, 0.3) is 5.65 Å². The number of fused-ring (bicyclic) bond motifs is 1. The molecule has 96 valence electrons. The minimum atomic E-state index is 0.420. The number of pyridine rings is 1. The number of imidazole rings is 1. The van der Waals surface area contributed by atoms with Gasteiger partial charge in [-0.25, -0.2) is 4.98 Å². The molecule has 0 radical (unpaired) electrons. The fraction of sp³-hybridized carbons (Fsp3) is 0.0714. The van der Waals surface area contributed by atoms with E-state index in [2.05, 4.69) is 4.98 Å². The Morgan fingerprint density at radius 2 is 2.00 bits per heavy atom. The van der Waals surface area contributed by atoms with Crippen molar-refractivity contribution < 1.29 is 4.74 Å². The van der Waals surface area contributed by atoms with Crippen molar-refractivity contribution in [3.8, 4) is 5.75 Å². The molecular weight excluding hydrogens is 283 g/mol. The highest BCUT2D eigenvalue weighted by Crippen LogP contribution is 2.24. The van der Waals surface area contributed by atoms with E-state index in [-0.39, 0.29) is 0 Å². The lowest BCUT2D eigenvalue weighted by atomic mass is 10.2. The molecule has 3 rings (SSSR count). The molecule has 0 aliphatic carbocycles. The van der Waals surface area contributed by atoms with Crippen molar-refractivity contribution in [3.63, 3.8) is 0 Å². The third-order valence-corrected chi connectivity index (χ3v) is 3.50. The minimum Gasteiger partial charge on any atom is -0.485 e. The van der Waals surface area contributed by atoms with Gasteiger partial charge in [0.15, 0.2) is 11.4 Å². The Balaban J connectivity index is 1.82. The third kappa shape index (κ3) is 2.53. The summed E-state index contributed by atoms with van der Waals surface area (Å²) in [4.78, 5) is 4.25. The van der Waals surface area contributed by atoms with Crippen LogP contribution in [0.1, 0.15) is 5.56 Å². The molecular formula is C14H10Cl2N2O. The van der Waals surface area contributed by atoms with Crippen LogP contribution in [0.3, 0.4) is 0 Å². The first-order valence-electron chi connectivity index (χ1n) is 5.72. The van der Waals surface area contributed by atoms with Crippen LogP contribution < -0.4 is 4.74 Å². The highest BCUT2D eigenvalue weighted by Gasteiger charge is 2.04. The largest absolute Gasteiger partial charge is 0.485 e. The van der Waals surface area contributed by atoms with Gasteiger partial charge in [0.1, 0.15) is 6.61 Å². The quantitative estimate of drug-likeness (QED) is 0.722. The van der Waals surface area contributed by atoms with E-state index in [9.17, 15) is 0 Å². The van der Waals surface area contributed by atoms with Crippen LogP contribution in [0.15, 0.2) is 48.9 Å². The predicted molar refractivity (Wildman–Crippen MR) is 76.0 cm³/mol. The number of nitrogens with zero attached hydrogens (tertiary/aromatic N) is 2. The van der Waals surface area contributed by atoms with E-state index in [0.29, 0.717) is 16.7 Å². The Bertz CT molecular complexity index is 724. The van der Waals surface area contributed by atoms with Gasteiger partial charge in [-0.1, -0.05) is 29.3 Å². The molecule has 3 nitrogen and oxygen atoms in total. The molecule has 0 saturated carbocycles. The fourth-order valence-electron chi connectivity index (χ4n) is 1.83. The first-order valence-corrected chi connectivity index (χ1v) is 6.48. The lowest BCUT2D eigenvalue weighted by molar-refractivity contribution is 0.308. The van der Waals surface area contributed by atoms with Gasteiger partial charge in [-0.05, 0) is 29.8 Å². The third-order valence-electron chi connectivity index (χ3n) is 2.76. The zero-order valence-corrected chi connectivity index (χ0v) is 11.4. The van der Waals surface area contributed by atoms with E-state index in [1.54, 1.807) is 18.3 Å². The zero-order valence-electron chi connectivity index (χ0n) is 9.88. The van der Waals surface area contributed by atoms with Crippen LogP contribution >= 0.6 is 23.2 Å². The van der Waals surface area contributed by atoms with Crippen LogP contribution in [-0.4, -0.2) is 9.38 Å². The molecule has 0 N–H and O–H groups in total. The van der Waals surface area contributed by atoms with E-state index in [4.69, 9.17) is 27.9 Å². The SMILES string of the molecule is Clc1ccc(COc2cccn3ccnc23)cc1Cl. The standard InChI is InChI=1S/C14H10Cl2N2O/c15-11-4-3-10(8-12(11)16)9-19-13-2-1-6-18-7-5-17-14(13)18/h1-8H,9H2. The van der Waals surface area contributed by atoms with E-state index < -0.39 is 0 Å². The molecule has 0 spiro atoms. The van der Waals surface area contributed by atoms with Gasteiger partial charge in [-0.3, -0.25) is 0 Å². The first-order chi connectivity index (χ1) is 9.24. The highest BCUT2D eigenvalue weighted by atomic mass is 35.5. The number of hydrogen-bond acceptors (Lipinski definition) is 2. The fourth-order valence-corrected chi connectivity index (χ4v) is 2.15. The second-order valence-corrected chi connectivity index (χ2v) is 4.88. The molecule has 0 bridgehead atoms. The van der Waals surface area contributed by atoms with Crippen LogP contribution in [0, 0.1) is 0 Å². The maximum atomic E-state index is 5.97. The van der Waals surface area contributed by atoms with Crippen LogP contribution in [0.2, 0.25) is 10.0 Å². The van der Waals surface area contributed by atoms with Gasteiger partial charge in [-0.15, -0.1) is 0 Å². The van der Waals surface area contributed by atoms with Crippen LogP contribution in [0.5, 0.6) is 5.75 Å². The Hall–Kier alpha value is -1.71. The summed E-state index contributed by atoms with van der Waals surface area (Å²) in [5.74, 6) is 0.735. The Morgan fingerprint density at radius 1 is 1.11 bits per heavy atom. The van der Waals surface area contributed by atoms with Crippen LogP contribution in [0.4, 0.5) is 0 Å². The lowest BCUT2D eigenvalue weighted by Crippen LogP contribution is -1.97. The Kier molecular flexibility index (Phi) is 3.32. The van der Waals surface area contributed by atoms with Gasteiger partial charge in [0.2, 0.25) is 0 Å². The first kappa shape index (κ1) is 12.3. The van der Waals surface area contributed by atoms with Crippen molar-refractivity contribution in [3.05, 3.63) is 64.5 Å². The second-order valence-electron chi connectivity index (χ2n) is 4.07. The monoisotopic (exact) mass is 292 g/mol. The summed E-state index contributed by atoms with van der Waals surface area (Å²) in [7, 11) is 0. The maximum Gasteiger partial charge on any atom is 0.179 e. The molecule has 0 atom stereocenters. The molecule has 5 heteroatoms. The molecule has 0 unspecified atom stereocenters. The molecule has 0 fully saturated rings. The summed E-state index contributed by atoms with van der Waals surface area (Å²) in [6.07, 6.45) is 5.54. The summed E-state index contributed by atoms with van der Waals surface area (Å²) in [5, 5.41) is 1.07. The summed E-state index contributed by atoms with van der Waals surface area (Å²) in [6, 6.07) is 9.26. The van der Waals surface area contributed by atoms with Gasteiger partial charge >= 0.3 is 0 Å². The zero-order chi connectivity index (χ0) is 13.2. The molecule has 0 aliphatic rings. The molecule has 2 aromatic heterocycles. The summed E-state index contributed by atoms with van der Waals surface area (Å²) >= 11 is 11.8. The van der Waals surface area contributed by atoms with Gasteiger partial charge in [0.05, 0.1) is 10.0 Å². The number of halogens is 2. The van der Waals surface area contributed by atoms with Gasteiger partial charge in [0, 0.05) is 18.6 Å². The summed E-state index contributed by atoms with van der Waals surface area (Å²) in [6.45, 7) is 0.420. The Labute approximate surface area is 120 Å². The summed E-state index contributed by atoms with van der Waals surface area (Å²) in [5.41, 5.74) is 1.76. The minimum absolute atomic E-state index is 0.420. The summed E-state index contributed by atoms with van der Waals surface area (Å²) < 4.78 is 7.68. The van der Waals surface area contributed by atoms with Gasteiger partial charge < -0.3 is 9.14 Å². The molecule has 0 amide bonds. The molecule has 2 heterocycles. The van der Waals surface area contributed by atoms with Crippen molar-refractivity contribution in [2.75, 3.05) is 0 Å². The van der Waals surface area contributed by atoms with Gasteiger partial charge in [0.25, 0.3) is 0 Å². The molecule has 0 saturated heterocycles. The average molecular weight is 293 g/mol. The van der Waals surface area contributed by atoms with Crippen molar-refractivity contribution in [1.29, 1.82) is 0 Å². The molecule has 1 aromatic carbocycles. The van der Waals surface area contributed by atoms with Crippen LogP contribution in [-0.2, 0) is 6.61 Å². The number of hydrogen-bond donors (Lipinski definition) is 0. The predicted octanol–water partition coefficient (Wildman–Crippen LogP) is 4.22. The number of rotatable bonds is 3. The second kappa shape index (κ2) is 5.11. The number of aromatic nitrogens is 2. The Morgan fingerprint density at radius 3 is 2.84 bits per heavy atom. The van der Waals surface area contributed by atoms with E-state index in [0.717, 1.165) is 17.0 Å². The lowest BCUT2D eigenvalue weighted by Gasteiger charge is -2.08. The normalized spacial score (nSPS) is 10.8. The van der Waals surface area contributed by atoms with E-state index >= 15 is 0 Å². The van der Waals surface area contributed by atoms with Gasteiger partial charge in [-0.2, -0.15) is 0 Å². The smallest absolute Gasteiger partial charge is 0.179 e. The molecule has 19 heavy (non-hydrogen) atoms. The maximum absolute atomic E-state index is 5.97. The van der Waals surface area contributed by atoms with Crippen molar-refractivity contribution in [2.45, 2.75) is 6.61 Å². The topological polar surface area (TPSA) is 26.5 Å². The van der Waals surface area contributed by atoms with Crippen molar-refractivity contribution >= 4 is 28.8 Å². The number of ether oxygens (including phenoxy) is 1.